The van der Waals surface area contributed by atoms with E-state index in [0.717, 1.165) is 18.8 Å². The van der Waals surface area contributed by atoms with Gasteiger partial charge in [-0.3, -0.25) is 4.90 Å². The predicted octanol–water partition coefficient (Wildman–Crippen LogP) is 2.40. The van der Waals surface area contributed by atoms with Gasteiger partial charge in [-0.05, 0) is 30.9 Å². The molecule has 0 bridgehead atoms. The lowest BCUT2D eigenvalue weighted by atomic mass is 10.2. The maximum atomic E-state index is 10.9. The highest BCUT2D eigenvalue weighted by Gasteiger charge is 2.29. The highest BCUT2D eigenvalue weighted by atomic mass is 16.4. The number of rotatable bonds is 6. The molecule has 1 heterocycles. The van der Waals surface area contributed by atoms with E-state index in [0.29, 0.717) is 12.0 Å². The van der Waals surface area contributed by atoms with Crippen LogP contribution in [0.2, 0.25) is 0 Å². The van der Waals surface area contributed by atoms with Gasteiger partial charge in [0.2, 0.25) is 0 Å². The number of nitrogens with zero attached hydrogens (tertiary/aromatic N) is 2. The van der Waals surface area contributed by atoms with E-state index in [-0.39, 0.29) is 5.69 Å². The monoisotopic (exact) mass is 248 g/mol. The van der Waals surface area contributed by atoms with Crippen molar-refractivity contribution in [3.63, 3.8) is 0 Å². The molecule has 1 aliphatic carbocycles. The van der Waals surface area contributed by atoms with Crippen LogP contribution in [-0.4, -0.2) is 33.5 Å². The zero-order valence-corrected chi connectivity index (χ0v) is 11.0. The van der Waals surface area contributed by atoms with Gasteiger partial charge in [-0.2, -0.15) is 0 Å². The molecule has 1 aliphatic rings. The minimum absolute atomic E-state index is 0.132. The van der Waals surface area contributed by atoms with Crippen LogP contribution in [0.15, 0.2) is 18.2 Å². The molecule has 0 aliphatic heterocycles. The first kappa shape index (κ1) is 13.0. The van der Waals surface area contributed by atoms with Gasteiger partial charge in [0.15, 0.2) is 0 Å². The molecule has 1 aromatic rings. The smallest absolute Gasteiger partial charge is 0.354 e. The molecule has 0 atom stereocenters. The minimum atomic E-state index is -0.960. The molecule has 98 valence electrons. The maximum Gasteiger partial charge on any atom is 0.354 e. The number of carboxylic acid groups (broad SMARTS) is 1. The van der Waals surface area contributed by atoms with Gasteiger partial charge in [0.25, 0.3) is 0 Å². The van der Waals surface area contributed by atoms with Gasteiger partial charge in [-0.25, -0.2) is 9.78 Å². The minimum Gasteiger partial charge on any atom is -0.477 e. The fourth-order valence-electron chi connectivity index (χ4n) is 2.15. The van der Waals surface area contributed by atoms with E-state index in [4.69, 9.17) is 5.11 Å². The molecule has 1 aromatic heterocycles. The topological polar surface area (TPSA) is 53.4 Å². The molecule has 0 amide bonds. The third-order valence-corrected chi connectivity index (χ3v) is 3.05. The van der Waals surface area contributed by atoms with Gasteiger partial charge in [-0.1, -0.05) is 19.9 Å². The number of aromatic carboxylic acids is 1. The second-order valence-electron chi connectivity index (χ2n) is 5.37. The van der Waals surface area contributed by atoms with Crippen molar-refractivity contribution in [1.29, 1.82) is 0 Å². The van der Waals surface area contributed by atoms with Crippen molar-refractivity contribution in [1.82, 2.24) is 9.88 Å². The molecule has 0 aromatic carbocycles. The number of carboxylic acids is 1. The molecule has 1 fully saturated rings. The summed E-state index contributed by atoms with van der Waals surface area (Å²) in [7, 11) is 0. The normalized spacial score (nSPS) is 15.3. The zero-order chi connectivity index (χ0) is 13.1. The second kappa shape index (κ2) is 5.48. The molecule has 0 spiro atoms. The van der Waals surface area contributed by atoms with E-state index in [1.807, 2.05) is 6.07 Å². The van der Waals surface area contributed by atoms with Gasteiger partial charge in [-0.15, -0.1) is 0 Å². The van der Waals surface area contributed by atoms with Crippen molar-refractivity contribution in [3.8, 4) is 0 Å². The van der Waals surface area contributed by atoms with Crippen LogP contribution < -0.4 is 0 Å². The molecule has 1 N–H and O–H groups in total. The Balaban J connectivity index is 2.06. The van der Waals surface area contributed by atoms with Crippen molar-refractivity contribution in [2.24, 2.45) is 5.92 Å². The molecule has 2 rings (SSSR count). The lowest BCUT2D eigenvalue weighted by Crippen LogP contribution is -2.30. The lowest BCUT2D eigenvalue weighted by molar-refractivity contribution is 0.0690. The molecule has 18 heavy (non-hydrogen) atoms. The highest BCUT2D eigenvalue weighted by molar-refractivity contribution is 5.85. The average Bonchev–Trinajstić information content (AvgIpc) is 3.11. The molecule has 0 radical (unpaired) electrons. The van der Waals surface area contributed by atoms with Crippen LogP contribution >= 0.6 is 0 Å². The second-order valence-corrected chi connectivity index (χ2v) is 5.37. The number of hydrogen-bond donors (Lipinski definition) is 1. The number of carbonyl (C=O) groups is 1. The number of hydrogen-bond acceptors (Lipinski definition) is 3. The maximum absolute atomic E-state index is 10.9. The van der Waals surface area contributed by atoms with Crippen LogP contribution in [0.4, 0.5) is 0 Å². The van der Waals surface area contributed by atoms with Gasteiger partial charge in [0.05, 0.1) is 5.69 Å². The third kappa shape index (κ3) is 3.53. The number of pyridine rings is 1. The molecule has 4 heteroatoms. The van der Waals surface area contributed by atoms with Crippen molar-refractivity contribution < 1.29 is 9.90 Å². The van der Waals surface area contributed by atoms with E-state index >= 15 is 0 Å². The predicted molar refractivity (Wildman–Crippen MR) is 69.5 cm³/mol. The summed E-state index contributed by atoms with van der Waals surface area (Å²) < 4.78 is 0. The van der Waals surface area contributed by atoms with Gasteiger partial charge in [0.1, 0.15) is 5.69 Å². The fraction of sp³-hybridized carbons (Fsp3) is 0.571. The van der Waals surface area contributed by atoms with Crippen LogP contribution in [0, 0.1) is 5.92 Å². The summed E-state index contributed by atoms with van der Waals surface area (Å²) in [6, 6.07) is 5.88. The summed E-state index contributed by atoms with van der Waals surface area (Å²) in [4.78, 5) is 17.5. The Labute approximate surface area is 108 Å². The Morgan fingerprint density at radius 3 is 2.78 bits per heavy atom. The largest absolute Gasteiger partial charge is 0.477 e. The Morgan fingerprint density at radius 2 is 2.22 bits per heavy atom. The Bertz CT molecular complexity index is 428. The third-order valence-electron chi connectivity index (χ3n) is 3.05. The van der Waals surface area contributed by atoms with Gasteiger partial charge < -0.3 is 5.11 Å². The Kier molecular flexibility index (Phi) is 3.97. The summed E-state index contributed by atoms with van der Waals surface area (Å²) in [6.07, 6.45) is 2.51. The molecular formula is C14H20N2O2. The van der Waals surface area contributed by atoms with Crippen LogP contribution in [0.25, 0.3) is 0 Å². The molecule has 4 nitrogen and oxygen atoms in total. The standard InChI is InChI=1S/C14H20N2O2/c1-10(2)8-16(12-6-7-12)9-11-4-3-5-13(15-11)14(17)18/h3-5,10,12H,6-9H2,1-2H3,(H,17,18). The van der Waals surface area contributed by atoms with Crippen LogP contribution in [0.1, 0.15) is 42.9 Å². The summed E-state index contributed by atoms with van der Waals surface area (Å²) >= 11 is 0. The summed E-state index contributed by atoms with van der Waals surface area (Å²) in [6.45, 7) is 6.21. The summed E-state index contributed by atoms with van der Waals surface area (Å²) in [5.41, 5.74) is 0.982. The van der Waals surface area contributed by atoms with Crippen molar-refractivity contribution in [3.05, 3.63) is 29.6 Å². The first-order valence-corrected chi connectivity index (χ1v) is 6.49. The van der Waals surface area contributed by atoms with E-state index in [2.05, 4.69) is 23.7 Å². The van der Waals surface area contributed by atoms with Crippen LogP contribution in [-0.2, 0) is 6.54 Å². The van der Waals surface area contributed by atoms with Crippen molar-refractivity contribution >= 4 is 5.97 Å². The lowest BCUT2D eigenvalue weighted by Gasteiger charge is -2.23. The molecular weight excluding hydrogens is 228 g/mol. The molecule has 1 saturated carbocycles. The van der Waals surface area contributed by atoms with Gasteiger partial charge in [0, 0.05) is 19.1 Å². The first-order valence-electron chi connectivity index (χ1n) is 6.49. The van der Waals surface area contributed by atoms with E-state index in [1.165, 1.54) is 18.9 Å². The first-order chi connectivity index (χ1) is 8.56. The quantitative estimate of drug-likeness (QED) is 0.840. The number of aromatic nitrogens is 1. The Morgan fingerprint density at radius 1 is 1.50 bits per heavy atom. The highest BCUT2D eigenvalue weighted by Crippen LogP contribution is 2.28. The van der Waals surface area contributed by atoms with Crippen LogP contribution in [0.5, 0.6) is 0 Å². The fourth-order valence-corrected chi connectivity index (χ4v) is 2.15. The molecule has 0 unspecified atom stereocenters. The van der Waals surface area contributed by atoms with E-state index < -0.39 is 5.97 Å². The van der Waals surface area contributed by atoms with E-state index in [9.17, 15) is 4.79 Å². The summed E-state index contributed by atoms with van der Waals surface area (Å²) in [5.74, 6) is -0.341. The zero-order valence-electron chi connectivity index (χ0n) is 11.0. The average molecular weight is 248 g/mol. The Hall–Kier alpha value is -1.42. The van der Waals surface area contributed by atoms with Crippen molar-refractivity contribution in [2.45, 2.75) is 39.3 Å². The summed E-state index contributed by atoms with van der Waals surface area (Å²) in [5, 5.41) is 8.93. The van der Waals surface area contributed by atoms with Gasteiger partial charge >= 0.3 is 5.97 Å². The van der Waals surface area contributed by atoms with Crippen LogP contribution in [0.3, 0.4) is 0 Å². The molecule has 0 saturated heterocycles. The van der Waals surface area contributed by atoms with Crippen molar-refractivity contribution in [2.75, 3.05) is 6.54 Å². The van der Waals surface area contributed by atoms with E-state index in [1.54, 1.807) is 6.07 Å². The SMILES string of the molecule is CC(C)CN(Cc1cccc(C(=O)O)n1)C1CC1.